The van der Waals surface area contributed by atoms with Crippen molar-refractivity contribution in [1.29, 1.82) is 0 Å². The van der Waals surface area contributed by atoms with Crippen LogP contribution >= 0.6 is 41.7 Å². The molecule has 0 spiro atoms. The third-order valence-corrected chi connectivity index (χ3v) is 6.33. The number of aryl methyl sites for hydroxylation is 4. The maximum Gasteiger partial charge on any atom is 0.643 e. The average Bonchev–Trinajstić information content (AvgIpc) is 3.75. The number of carbonyl (C=O) groups is 2. The second kappa shape index (κ2) is 18.2. The van der Waals surface area contributed by atoms with Gasteiger partial charge in [0.25, 0.3) is 5.24 Å². The van der Waals surface area contributed by atoms with Crippen molar-refractivity contribution in [2.75, 3.05) is 0 Å². The minimum atomic E-state index is -1.72. The quantitative estimate of drug-likeness (QED) is 0.102. The molecule has 0 saturated carbocycles. The van der Waals surface area contributed by atoms with Gasteiger partial charge in [-0.05, 0) is 55.7 Å². The number of rotatable bonds is 5. The number of halogens is 4. The maximum absolute atomic E-state index is 13.0. The van der Waals surface area contributed by atoms with Gasteiger partial charge in [0, 0.05) is 34.7 Å². The molecule has 0 bridgehead atoms. The highest BCUT2D eigenvalue weighted by Crippen LogP contribution is 2.28. The molecule has 0 N–H and O–H groups in total. The van der Waals surface area contributed by atoms with Gasteiger partial charge in [0.15, 0.2) is 5.78 Å². The number of hydrogen-bond acceptors (Lipinski definition) is 4. The molecule has 0 atom stereocenters. The van der Waals surface area contributed by atoms with E-state index in [2.05, 4.69) is 0 Å². The number of benzene rings is 4. The van der Waals surface area contributed by atoms with E-state index in [-0.39, 0.29) is 76.2 Å². The third-order valence-electron chi connectivity index (χ3n) is 6.11. The average molecular weight is 706 g/mol. The minimum absolute atomic E-state index is 0.0329. The van der Waals surface area contributed by atoms with E-state index in [1.54, 1.807) is 30.3 Å². The molecule has 0 radical (unpaired) electrons. The topological polar surface area (TPSA) is 60.4 Å². The zero-order chi connectivity index (χ0) is 39.9. The molecule has 0 aliphatic carbocycles. The van der Waals surface area contributed by atoms with Gasteiger partial charge in [0.2, 0.25) is 0 Å². The maximum atomic E-state index is 13.0. The van der Waals surface area contributed by atoms with E-state index in [9.17, 15) is 9.59 Å². The zero-order valence-electron chi connectivity index (χ0n) is 32.8. The van der Waals surface area contributed by atoms with Gasteiger partial charge in [-0.3, -0.25) is 9.59 Å². The lowest BCUT2D eigenvalue weighted by atomic mass is 9.99. The van der Waals surface area contributed by atoms with Crippen molar-refractivity contribution in [2.24, 2.45) is 0 Å². The first-order valence-corrected chi connectivity index (χ1v) is 19.3. The summed E-state index contributed by atoms with van der Waals surface area (Å²) in [6, 6.07) is 14.1. The van der Waals surface area contributed by atoms with Crippen molar-refractivity contribution in [3.05, 3.63) is 142 Å². The van der Waals surface area contributed by atoms with Crippen LogP contribution < -0.4 is 0 Å². The lowest BCUT2D eigenvalue weighted by Crippen LogP contribution is -2.03. The van der Waals surface area contributed by atoms with Crippen LogP contribution in [0.15, 0.2) is 112 Å². The van der Waals surface area contributed by atoms with Gasteiger partial charge in [-0.1, -0.05) is 97.6 Å². The van der Waals surface area contributed by atoms with Gasteiger partial charge in [-0.25, -0.2) is 30.1 Å². The van der Waals surface area contributed by atoms with Crippen molar-refractivity contribution in [2.45, 2.75) is 40.5 Å². The molecule has 0 amide bonds. The number of carbonyl (C=O) groups excluding carboxylic acids is 2. The molecular formula is C36H33AlCl4O4. The lowest BCUT2D eigenvalue weighted by Gasteiger charge is -2.02. The van der Waals surface area contributed by atoms with Gasteiger partial charge < -0.3 is 8.83 Å². The Balaban J connectivity index is 0.000000222. The minimum Gasteiger partial charge on any atom is -0.461 e. The highest BCUT2D eigenvalue weighted by atomic mass is 35.8. The molecule has 0 aliphatic heterocycles. The highest BCUT2D eigenvalue weighted by molar-refractivity contribution is 7.54. The van der Waals surface area contributed by atoms with Gasteiger partial charge in [-0.2, -0.15) is 0 Å². The van der Waals surface area contributed by atoms with Crippen molar-refractivity contribution < 1.29 is 29.4 Å². The van der Waals surface area contributed by atoms with E-state index in [1.165, 1.54) is 0 Å². The highest BCUT2D eigenvalue weighted by Gasteiger charge is 2.20. The van der Waals surface area contributed by atoms with Crippen LogP contribution in [0.25, 0.3) is 21.9 Å². The Kier molecular flexibility index (Phi) is 10.6. The van der Waals surface area contributed by atoms with E-state index in [1.807, 2.05) is 52.0 Å². The molecule has 4 nitrogen and oxygen atoms in total. The fraction of sp³-hybridized carbons (Fsp3) is 0.167. The van der Waals surface area contributed by atoms with E-state index in [0.717, 1.165) is 11.1 Å². The summed E-state index contributed by atoms with van der Waals surface area (Å²) in [5.41, 5.74) is 3.68. The van der Waals surface area contributed by atoms with Gasteiger partial charge in [-0.15, -0.1) is 0 Å². The molecule has 45 heavy (non-hydrogen) atoms. The van der Waals surface area contributed by atoms with Crippen LogP contribution in [-0.2, 0) is 12.8 Å². The third kappa shape index (κ3) is 11.1. The SMILES string of the molecule is Cc1ccc(C(=O)Cl)cc1.[2H]c1c([2H])c([2H])c2c(C(=O)c3ccc(C)cc3)c(CC)oc2c1[2H].[2H]c1c([2H])c([2H])c2oc(CC)cc2c1[2H].[Cl][Al]([Cl])[Cl]. The predicted octanol–water partition coefficient (Wildman–Crippen LogP) is 11.6. The Hall–Kier alpha value is -3.01. The van der Waals surface area contributed by atoms with Crippen LogP contribution in [-0.4, -0.2) is 22.4 Å². The van der Waals surface area contributed by atoms with Crippen molar-refractivity contribution >= 4 is 86.1 Å². The van der Waals surface area contributed by atoms with Crippen LogP contribution in [0.2, 0.25) is 0 Å². The second-order valence-electron chi connectivity index (χ2n) is 9.35. The van der Waals surface area contributed by atoms with Crippen LogP contribution in [0, 0.1) is 13.8 Å². The molecule has 0 aliphatic rings. The van der Waals surface area contributed by atoms with Crippen molar-refractivity contribution in [3.8, 4) is 0 Å². The Morgan fingerprint density at radius 3 is 1.78 bits per heavy atom. The standard InChI is InChI=1S/C18H16O2.C10H10O.C8H7ClO.Al.3ClH/c1-3-15-17(14-6-4-5-7-16(14)20-15)18(19)13-10-8-12(2)9-11-13;1-2-9-7-8-5-3-4-6-10(8)11-9;1-6-2-4-7(5-3-6)8(9)10;;;;/h4-11H,3H2,1-2H3;3-7H,2H2,1H3;2-5H,1H3;;3*1H/q;;;+3;;;/p-3/i4D,5D,6D,7D;3D,4D,5D,6D;;;;;. The molecule has 6 aromatic rings. The number of ketones is 1. The van der Waals surface area contributed by atoms with Crippen molar-refractivity contribution in [1.82, 2.24) is 0 Å². The Morgan fingerprint density at radius 1 is 0.733 bits per heavy atom. The number of hydrogen-bond donors (Lipinski definition) is 0. The van der Waals surface area contributed by atoms with E-state index in [4.69, 9.17) is 61.5 Å². The molecule has 0 unspecified atom stereocenters. The van der Waals surface area contributed by atoms with Crippen LogP contribution in [0.4, 0.5) is 0 Å². The first kappa shape index (κ1) is 26.1. The first-order chi connectivity index (χ1) is 24.9. The normalized spacial score (nSPS) is 12.6. The zero-order valence-corrected chi connectivity index (χ0v) is 29.0. The van der Waals surface area contributed by atoms with Crippen LogP contribution in [0.5, 0.6) is 0 Å². The van der Waals surface area contributed by atoms with Crippen molar-refractivity contribution in [3.63, 3.8) is 0 Å². The molecule has 9 heteroatoms. The Morgan fingerprint density at radius 2 is 1.24 bits per heavy atom. The van der Waals surface area contributed by atoms with Crippen LogP contribution in [0.3, 0.4) is 0 Å². The molecule has 6 rings (SSSR count). The summed E-state index contributed by atoms with van der Waals surface area (Å²) in [5.74, 6) is 0.759. The van der Waals surface area contributed by atoms with E-state index in [0.29, 0.717) is 40.9 Å². The monoisotopic (exact) mass is 704 g/mol. The van der Waals surface area contributed by atoms with Crippen LogP contribution in [0.1, 0.15) is 73.7 Å². The molecule has 2 aromatic heterocycles. The smallest absolute Gasteiger partial charge is 0.461 e. The number of furan rings is 2. The summed E-state index contributed by atoms with van der Waals surface area (Å²) in [4.78, 5) is 23.5. The van der Waals surface area contributed by atoms with Gasteiger partial charge in [0.1, 0.15) is 22.7 Å². The molecule has 0 saturated heterocycles. The molecular weight excluding hydrogens is 665 g/mol. The molecule has 0 fully saturated rings. The number of para-hydroxylation sites is 2. The predicted molar refractivity (Wildman–Crippen MR) is 190 cm³/mol. The largest absolute Gasteiger partial charge is 0.643 e. The molecule has 2 heterocycles. The molecule has 232 valence electrons. The van der Waals surface area contributed by atoms with E-state index >= 15 is 0 Å². The van der Waals surface area contributed by atoms with E-state index < -0.39 is 16.6 Å². The van der Waals surface area contributed by atoms with Gasteiger partial charge in [0.05, 0.1) is 16.5 Å². The first-order valence-electron chi connectivity index (χ1n) is 17.7. The fourth-order valence-corrected chi connectivity index (χ4v) is 4.00. The second-order valence-corrected chi connectivity index (χ2v) is 16.1. The fourth-order valence-electron chi connectivity index (χ4n) is 3.88. The summed E-state index contributed by atoms with van der Waals surface area (Å²) in [6.45, 7) is 7.62. The lowest BCUT2D eigenvalue weighted by molar-refractivity contribution is 0.103. The summed E-state index contributed by atoms with van der Waals surface area (Å²) < 4.78 is 73.0. The Labute approximate surface area is 297 Å². The summed E-state index contributed by atoms with van der Waals surface area (Å²) in [6.07, 6.45) is 1.09. The molecule has 4 aromatic carbocycles. The Bertz CT molecular complexity index is 2210. The number of fused-ring (bicyclic) bond motifs is 2. The summed E-state index contributed by atoms with van der Waals surface area (Å²) in [5, 5.41) is 0.210. The van der Waals surface area contributed by atoms with Gasteiger partial charge >= 0.3 is 11.4 Å². The summed E-state index contributed by atoms with van der Waals surface area (Å²) in [7, 11) is 14.8. The summed E-state index contributed by atoms with van der Waals surface area (Å²) >= 11 is 3.49.